The maximum Gasteiger partial charge on any atom is 0.422 e. The first-order valence-corrected chi connectivity index (χ1v) is 12.4. The Balaban J connectivity index is 1.94. The quantitative estimate of drug-likeness (QED) is 0.305. The number of anilines is 2. The van der Waals surface area contributed by atoms with Gasteiger partial charge in [-0.1, -0.05) is 0 Å². The zero-order chi connectivity index (χ0) is 30.4. The van der Waals surface area contributed by atoms with Crippen LogP contribution in [0.1, 0.15) is 54.7 Å². The van der Waals surface area contributed by atoms with Crippen molar-refractivity contribution >= 4 is 58.4 Å². The molecule has 1 fully saturated rings. The van der Waals surface area contributed by atoms with E-state index in [1.807, 2.05) is 0 Å². The summed E-state index contributed by atoms with van der Waals surface area (Å²) < 4.78 is 29.2. The summed E-state index contributed by atoms with van der Waals surface area (Å²) in [5, 5.41) is 2.43. The van der Waals surface area contributed by atoms with Gasteiger partial charge in [-0.05, 0) is 27.7 Å². The van der Waals surface area contributed by atoms with Crippen LogP contribution in [0.15, 0.2) is 12.5 Å². The molecule has 4 atom stereocenters. The van der Waals surface area contributed by atoms with Gasteiger partial charge in [0.05, 0.1) is 11.1 Å². The largest absolute Gasteiger partial charge is 0.463 e. The monoisotopic (exact) mass is 575 g/mol. The van der Waals surface area contributed by atoms with Crippen molar-refractivity contribution in [2.24, 2.45) is 0 Å². The number of carbonyl (C=O) groups is 6. The van der Waals surface area contributed by atoms with Crippen LogP contribution in [-0.2, 0) is 47.7 Å². The second kappa shape index (κ2) is 10.4. The first kappa shape index (κ1) is 29.4. The predicted molar refractivity (Wildman–Crippen MR) is 136 cm³/mol. The van der Waals surface area contributed by atoms with E-state index in [4.69, 9.17) is 23.7 Å². The lowest BCUT2D eigenvalue weighted by Crippen LogP contribution is -2.50. The van der Waals surface area contributed by atoms with E-state index in [2.05, 4.69) is 15.3 Å². The van der Waals surface area contributed by atoms with E-state index in [0.29, 0.717) is 4.90 Å². The van der Waals surface area contributed by atoms with Gasteiger partial charge in [0.25, 0.3) is 0 Å². The Kier molecular flexibility index (Phi) is 7.47. The SMILES string of the molecule is CC(=O)OC[C@H]1O[C@@H](n2cc3c4c(ncnc42)NC(=O)C(=O)N3C(=O)OC(C)(C)C)[C@](C)(OC(C)=O)[C@@H]1OC(C)=O. The van der Waals surface area contributed by atoms with Crippen LogP contribution in [0.2, 0.25) is 0 Å². The Bertz CT molecular complexity index is 1460. The minimum absolute atomic E-state index is 0.0478. The fourth-order valence-electron chi connectivity index (χ4n) is 4.71. The molecule has 220 valence electrons. The van der Waals surface area contributed by atoms with Crippen LogP contribution in [0.25, 0.3) is 11.0 Å². The van der Waals surface area contributed by atoms with Crippen LogP contribution in [0.3, 0.4) is 0 Å². The Morgan fingerprint density at radius 2 is 1.76 bits per heavy atom. The lowest BCUT2D eigenvalue weighted by molar-refractivity contribution is -0.184. The zero-order valence-electron chi connectivity index (χ0n) is 23.4. The number of amides is 3. The first-order valence-electron chi connectivity index (χ1n) is 12.4. The summed E-state index contributed by atoms with van der Waals surface area (Å²) in [6.45, 7) is 9.29. The third-order valence-electron chi connectivity index (χ3n) is 6.09. The van der Waals surface area contributed by atoms with E-state index < -0.39 is 65.5 Å². The third-order valence-corrected chi connectivity index (χ3v) is 6.09. The summed E-state index contributed by atoms with van der Waals surface area (Å²) in [5.74, 6) is -4.60. The fourth-order valence-corrected chi connectivity index (χ4v) is 4.71. The molecular weight excluding hydrogens is 546 g/mol. The second-order valence-electron chi connectivity index (χ2n) is 10.6. The van der Waals surface area contributed by atoms with Gasteiger partial charge in [-0.3, -0.25) is 28.5 Å². The minimum atomic E-state index is -1.75. The van der Waals surface area contributed by atoms with Crippen molar-refractivity contribution < 1.29 is 52.5 Å². The van der Waals surface area contributed by atoms with Crippen LogP contribution in [0, 0.1) is 0 Å². The minimum Gasteiger partial charge on any atom is -0.463 e. The molecule has 1 saturated heterocycles. The van der Waals surface area contributed by atoms with Crippen LogP contribution < -0.4 is 10.2 Å². The van der Waals surface area contributed by atoms with E-state index >= 15 is 0 Å². The molecule has 16 heteroatoms. The molecule has 4 heterocycles. The lowest BCUT2D eigenvalue weighted by atomic mass is 9.95. The number of ether oxygens (including phenoxy) is 5. The molecule has 2 aromatic rings. The molecule has 4 rings (SSSR count). The Morgan fingerprint density at radius 1 is 1.07 bits per heavy atom. The predicted octanol–water partition coefficient (Wildman–Crippen LogP) is 1.37. The number of hydrogen-bond acceptors (Lipinski definition) is 13. The Labute approximate surface area is 233 Å². The number of carbonyl (C=O) groups excluding carboxylic acids is 6. The van der Waals surface area contributed by atoms with Gasteiger partial charge >= 0.3 is 35.8 Å². The van der Waals surface area contributed by atoms with Gasteiger partial charge in [0.15, 0.2) is 17.9 Å². The zero-order valence-corrected chi connectivity index (χ0v) is 23.4. The molecule has 3 amide bonds. The number of esters is 3. The van der Waals surface area contributed by atoms with Gasteiger partial charge < -0.3 is 29.0 Å². The molecule has 41 heavy (non-hydrogen) atoms. The first-order chi connectivity index (χ1) is 19.0. The molecule has 0 aromatic carbocycles. The van der Waals surface area contributed by atoms with Crippen molar-refractivity contribution in [2.75, 3.05) is 16.8 Å². The van der Waals surface area contributed by atoms with E-state index in [-0.39, 0.29) is 29.1 Å². The van der Waals surface area contributed by atoms with E-state index in [9.17, 15) is 28.8 Å². The normalized spacial score (nSPS) is 24.0. The molecule has 2 aliphatic heterocycles. The topological polar surface area (TPSA) is 195 Å². The van der Waals surface area contributed by atoms with Crippen molar-refractivity contribution in [3.8, 4) is 0 Å². The number of hydrogen-bond donors (Lipinski definition) is 1. The number of imide groups is 1. The number of nitrogens with zero attached hydrogens (tertiary/aromatic N) is 4. The molecule has 0 aliphatic carbocycles. The maximum absolute atomic E-state index is 13.2. The molecule has 0 saturated carbocycles. The number of rotatable bonds is 5. The summed E-state index contributed by atoms with van der Waals surface area (Å²) in [7, 11) is 0. The summed E-state index contributed by atoms with van der Waals surface area (Å²) >= 11 is 0. The molecular formula is C25H29N5O11. The second-order valence-corrected chi connectivity index (χ2v) is 10.6. The number of nitrogens with one attached hydrogen (secondary N) is 1. The van der Waals surface area contributed by atoms with E-state index in [0.717, 1.165) is 20.2 Å². The van der Waals surface area contributed by atoms with Gasteiger partial charge in [0, 0.05) is 27.0 Å². The number of aromatic nitrogens is 3. The molecule has 1 N–H and O–H groups in total. The molecule has 16 nitrogen and oxygen atoms in total. The molecule has 2 aromatic heterocycles. The van der Waals surface area contributed by atoms with Crippen LogP contribution in [0.4, 0.5) is 16.3 Å². The Hall–Kier alpha value is -4.60. The van der Waals surface area contributed by atoms with Crippen LogP contribution >= 0.6 is 0 Å². The van der Waals surface area contributed by atoms with Crippen molar-refractivity contribution in [1.82, 2.24) is 14.5 Å². The highest BCUT2D eigenvalue weighted by Gasteiger charge is 2.60. The van der Waals surface area contributed by atoms with Gasteiger partial charge in [-0.2, -0.15) is 0 Å². The lowest BCUT2D eigenvalue weighted by Gasteiger charge is -2.34. The van der Waals surface area contributed by atoms with Crippen molar-refractivity contribution in [3.63, 3.8) is 0 Å². The smallest absolute Gasteiger partial charge is 0.422 e. The highest BCUT2D eigenvalue weighted by molar-refractivity contribution is 6.50. The van der Waals surface area contributed by atoms with Crippen molar-refractivity contribution in [3.05, 3.63) is 12.5 Å². The highest BCUT2D eigenvalue weighted by Crippen LogP contribution is 2.47. The van der Waals surface area contributed by atoms with Gasteiger partial charge in [0.2, 0.25) is 0 Å². The van der Waals surface area contributed by atoms with Gasteiger partial charge in [-0.25, -0.2) is 19.7 Å². The maximum atomic E-state index is 13.2. The van der Waals surface area contributed by atoms with Crippen LogP contribution in [0.5, 0.6) is 0 Å². The summed E-state index contributed by atoms with van der Waals surface area (Å²) in [6.07, 6.45) is -2.47. The summed E-state index contributed by atoms with van der Waals surface area (Å²) in [5.41, 5.74) is -2.85. The summed E-state index contributed by atoms with van der Waals surface area (Å²) in [6, 6.07) is 0. The average molecular weight is 576 g/mol. The van der Waals surface area contributed by atoms with Crippen LogP contribution in [-0.4, -0.2) is 80.4 Å². The van der Waals surface area contributed by atoms with Crippen molar-refractivity contribution in [2.45, 2.75) is 78.1 Å². The Morgan fingerprint density at radius 3 is 2.34 bits per heavy atom. The van der Waals surface area contributed by atoms with E-state index in [1.54, 1.807) is 20.8 Å². The standard InChI is InChI=1S/C25H29N5O11/c1-11(31)37-9-15-17(38-12(2)32)25(7,40-13(3)33)22(39-15)29-8-14-16-18(26-10-27-19(16)29)28-20(34)21(35)30(14)23(36)41-24(4,5)6/h8,10,15,17,22H,9H2,1-7H3,(H,26,27,28,34)/t15-,17-,22-,25-/m1/s1. The van der Waals surface area contributed by atoms with Crippen molar-refractivity contribution in [1.29, 1.82) is 0 Å². The molecule has 0 spiro atoms. The van der Waals surface area contributed by atoms with Gasteiger partial charge in [0.1, 0.15) is 36.1 Å². The molecule has 0 bridgehead atoms. The summed E-state index contributed by atoms with van der Waals surface area (Å²) in [4.78, 5) is 83.7. The highest BCUT2D eigenvalue weighted by atomic mass is 16.7. The third kappa shape index (κ3) is 5.54. The van der Waals surface area contributed by atoms with Gasteiger partial charge in [-0.15, -0.1) is 0 Å². The fraction of sp³-hybridized carbons (Fsp3) is 0.520. The average Bonchev–Trinajstić information content (AvgIpc) is 3.28. The molecule has 0 radical (unpaired) electrons. The molecule has 2 aliphatic rings. The molecule has 0 unspecified atom stereocenters. The van der Waals surface area contributed by atoms with E-state index in [1.165, 1.54) is 24.6 Å².